The number of aromatic nitrogens is 2. The van der Waals surface area contributed by atoms with Crippen LogP contribution in [0.5, 0.6) is 11.5 Å². The molecule has 0 unspecified atom stereocenters. The molecule has 0 atom stereocenters. The van der Waals surface area contributed by atoms with E-state index < -0.39 is 0 Å². The second-order valence-electron chi connectivity index (χ2n) is 6.02. The molecule has 27 heavy (non-hydrogen) atoms. The van der Waals surface area contributed by atoms with E-state index in [9.17, 15) is 4.79 Å². The summed E-state index contributed by atoms with van der Waals surface area (Å²) < 4.78 is 12.2. The first-order valence-electron chi connectivity index (χ1n) is 8.53. The summed E-state index contributed by atoms with van der Waals surface area (Å²) >= 11 is 0. The topological polar surface area (TPSA) is 53.4 Å². The maximum absolute atomic E-state index is 13.0. The first-order chi connectivity index (χ1) is 13.2. The molecule has 0 N–H and O–H groups in total. The van der Waals surface area contributed by atoms with Gasteiger partial charge in [0.25, 0.3) is 5.56 Å². The van der Waals surface area contributed by atoms with E-state index in [0.717, 1.165) is 16.6 Å². The number of rotatable bonds is 4. The molecule has 0 saturated carbocycles. The molecule has 0 bridgehead atoms. The van der Waals surface area contributed by atoms with Crippen LogP contribution in [0, 0.1) is 0 Å². The first kappa shape index (κ1) is 16.8. The molecule has 4 rings (SSSR count). The Balaban J connectivity index is 2.03. The van der Waals surface area contributed by atoms with E-state index >= 15 is 0 Å². The van der Waals surface area contributed by atoms with Crippen molar-refractivity contribution in [2.45, 2.75) is 0 Å². The second kappa shape index (κ2) is 6.96. The lowest BCUT2D eigenvalue weighted by Gasteiger charge is -2.13. The number of para-hydroxylation sites is 1. The predicted octanol–water partition coefficient (Wildman–Crippen LogP) is 4.07. The molecule has 0 fully saturated rings. The molecular formula is C22H18N2O3. The lowest BCUT2D eigenvalue weighted by atomic mass is 10.0. The van der Waals surface area contributed by atoms with Crippen molar-refractivity contribution in [1.29, 1.82) is 0 Å². The zero-order valence-corrected chi connectivity index (χ0v) is 15.0. The monoisotopic (exact) mass is 358 g/mol. The van der Waals surface area contributed by atoms with Crippen molar-refractivity contribution < 1.29 is 9.47 Å². The van der Waals surface area contributed by atoms with Crippen LogP contribution in [0.15, 0.2) is 77.6 Å². The maximum Gasteiger partial charge on any atom is 0.279 e. The van der Waals surface area contributed by atoms with Crippen LogP contribution < -0.4 is 15.0 Å². The normalized spacial score (nSPS) is 10.7. The van der Waals surface area contributed by atoms with E-state index in [-0.39, 0.29) is 5.56 Å². The zero-order valence-electron chi connectivity index (χ0n) is 15.0. The Morgan fingerprint density at radius 3 is 2.15 bits per heavy atom. The van der Waals surface area contributed by atoms with Gasteiger partial charge in [0, 0.05) is 10.9 Å². The van der Waals surface area contributed by atoms with Crippen molar-refractivity contribution in [3.8, 4) is 28.4 Å². The van der Waals surface area contributed by atoms with Crippen molar-refractivity contribution in [2.75, 3.05) is 14.2 Å². The molecule has 3 aromatic carbocycles. The van der Waals surface area contributed by atoms with Gasteiger partial charge in [-0.15, -0.1) is 0 Å². The Bertz CT molecular complexity index is 1170. The quantitative estimate of drug-likeness (QED) is 0.552. The lowest BCUT2D eigenvalue weighted by molar-refractivity contribution is 0.355. The lowest BCUT2D eigenvalue weighted by Crippen LogP contribution is -2.22. The molecule has 0 saturated heterocycles. The average molecular weight is 358 g/mol. The molecule has 0 spiro atoms. The van der Waals surface area contributed by atoms with E-state index in [0.29, 0.717) is 22.6 Å². The molecule has 4 aromatic rings. The number of methoxy groups -OCH3 is 2. The predicted molar refractivity (Wildman–Crippen MR) is 106 cm³/mol. The van der Waals surface area contributed by atoms with Gasteiger partial charge >= 0.3 is 0 Å². The molecule has 5 heteroatoms. The van der Waals surface area contributed by atoms with Crippen LogP contribution in [0.25, 0.3) is 27.7 Å². The van der Waals surface area contributed by atoms with Gasteiger partial charge in [0.15, 0.2) is 11.5 Å². The van der Waals surface area contributed by atoms with Gasteiger partial charge in [0.05, 0.1) is 31.0 Å². The highest BCUT2D eigenvalue weighted by Gasteiger charge is 2.15. The summed E-state index contributed by atoms with van der Waals surface area (Å²) in [6.07, 6.45) is 0. The van der Waals surface area contributed by atoms with E-state index in [4.69, 9.17) is 9.47 Å². The Kier molecular flexibility index (Phi) is 4.34. The third-order valence-electron chi connectivity index (χ3n) is 4.46. The summed E-state index contributed by atoms with van der Waals surface area (Å²) in [7, 11) is 3.19. The van der Waals surface area contributed by atoms with Crippen LogP contribution in [-0.4, -0.2) is 24.0 Å². The molecule has 1 heterocycles. The summed E-state index contributed by atoms with van der Waals surface area (Å²) in [6, 6.07) is 22.5. The highest BCUT2D eigenvalue weighted by molar-refractivity contribution is 5.94. The summed E-state index contributed by atoms with van der Waals surface area (Å²) in [5.74, 6) is 1.25. The van der Waals surface area contributed by atoms with Crippen molar-refractivity contribution in [2.24, 2.45) is 0 Å². The zero-order chi connectivity index (χ0) is 18.8. The van der Waals surface area contributed by atoms with Crippen molar-refractivity contribution in [3.63, 3.8) is 0 Å². The van der Waals surface area contributed by atoms with E-state index in [2.05, 4.69) is 5.10 Å². The van der Waals surface area contributed by atoms with Gasteiger partial charge in [0.2, 0.25) is 0 Å². The first-order valence-corrected chi connectivity index (χ1v) is 8.53. The standard InChI is InChI=1S/C22H18N2O3/c1-26-19-13-12-15(14-20(19)27-2)21-17-10-6-7-11-18(17)22(25)24(23-21)16-8-4-3-5-9-16/h3-14H,1-2H3. The van der Waals surface area contributed by atoms with E-state index in [1.807, 2.05) is 72.8 Å². The minimum absolute atomic E-state index is 0.152. The van der Waals surface area contributed by atoms with Crippen molar-refractivity contribution in [1.82, 2.24) is 9.78 Å². The molecule has 0 aliphatic rings. The number of ether oxygens (including phenoxy) is 2. The van der Waals surface area contributed by atoms with Gasteiger partial charge < -0.3 is 9.47 Å². The van der Waals surface area contributed by atoms with Crippen LogP contribution in [0.3, 0.4) is 0 Å². The molecule has 0 radical (unpaired) electrons. The fraction of sp³-hybridized carbons (Fsp3) is 0.0909. The number of hydrogen-bond acceptors (Lipinski definition) is 4. The third-order valence-corrected chi connectivity index (χ3v) is 4.46. The number of benzene rings is 3. The van der Waals surface area contributed by atoms with Crippen LogP contribution in [0.1, 0.15) is 0 Å². The minimum Gasteiger partial charge on any atom is -0.493 e. The smallest absolute Gasteiger partial charge is 0.279 e. The maximum atomic E-state index is 13.0. The Morgan fingerprint density at radius 2 is 1.44 bits per heavy atom. The average Bonchev–Trinajstić information content (AvgIpc) is 2.74. The molecule has 134 valence electrons. The fourth-order valence-electron chi connectivity index (χ4n) is 3.13. The molecule has 0 amide bonds. The number of hydrogen-bond donors (Lipinski definition) is 0. The largest absolute Gasteiger partial charge is 0.493 e. The summed E-state index contributed by atoms with van der Waals surface area (Å²) in [5, 5.41) is 6.09. The summed E-state index contributed by atoms with van der Waals surface area (Å²) in [4.78, 5) is 13.0. The highest BCUT2D eigenvalue weighted by Crippen LogP contribution is 2.33. The summed E-state index contributed by atoms with van der Waals surface area (Å²) in [6.45, 7) is 0. The summed E-state index contributed by atoms with van der Waals surface area (Å²) in [5.41, 5.74) is 2.11. The second-order valence-corrected chi connectivity index (χ2v) is 6.02. The van der Waals surface area contributed by atoms with Crippen LogP contribution in [0.4, 0.5) is 0 Å². The van der Waals surface area contributed by atoms with Gasteiger partial charge in [-0.25, -0.2) is 0 Å². The van der Waals surface area contributed by atoms with Crippen LogP contribution >= 0.6 is 0 Å². The highest BCUT2D eigenvalue weighted by atomic mass is 16.5. The molecule has 0 aliphatic heterocycles. The van der Waals surface area contributed by atoms with Crippen molar-refractivity contribution in [3.05, 3.63) is 83.2 Å². The van der Waals surface area contributed by atoms with Gasteiger partial charge in [-0.05, 0) is 36.4 Å². The SMILES string of the molecule is COc1ccc(-c2nn(-c3ccccc3)c(=O)c3ccccc23)cc1OC. The van der Waals surface area contributed by atoms with Gasteiger partial charge in [0.1, 0.15) is 0 Å². The van der Waals surface area contributed by atoms with E-state index in [1.165, 1.54) is 4.68 Å². The minimum atomic E-state index is -0.152. The Morgan fingerprint density at radius 1 is 0.778 bits per heavy atom. The number of nitrogens with zero attached hydrogens (tertiary/aromatic N) is 2. The fourth-order valence-corrected chi connectivity index (χ4v) is 3.13. The third kappa shape index (κ3) is 2.93. The van der Waals surface area contributed by atoms with E-state index in [1.54, 1.807) is 14.2 Å². The van der Waals surface area contributed by atoms with Gasteiger partial charge in [-0.3, -0.25) is 4.79 Å². The molecule has 0 aliphatic carbocycles. The molecule has 1 aromatic heterocycles. The Hall–Kier alpha value is -3.60. The van der Waals surface area contributed by atoms with Crippen LogP contribution in [0.2, 0.25) is 0 Å². The number of fused-ring (bicyclic) bond motifs is 1. The van der Waals surface area contributed by atoms with Crippen LogP contribution in [-0.2, 0) is 0 Å². The van der Waals surface area contributed by atoms with Crippen molar-refractivity contribution >= 4 is 10.8 Å². The Labute approximate surface area is 156 Å². The molecule has 5 nitrogen and oxygen atoms in total. The molecular weight excluding hydrogens is 340 g/mol. The van der Waals surface area contributed by atoms with Gasteiger partial charge in [-0.1, -0.05) is 36.4 Å². The van der Waals surface area contributed by atoms with Gasteiger partial charge in [-0.2, -0.15) is 9.78 Å².